The number of hydrogen-bond donors (Lipinski definition) is 0. The summed E-state index contributed by atoms with van der Waals surface area (Å²) >= 11 is 0. The lowest BCUT2D eigenvalue weighted by Gasteiger charge is -2.27. The minimum atomic E-state index is -0.237. The molecule has 8 atom stereocenters. The maximum Gasteiger partial charge on any atom is 0.0593 e. The van der Waals surface area contributed by atoms with Gasteiger partial charge in [0.15, 0.2) is 0 Å². The molecule has 310 valence electrons. The fourth-order valence-corrected chi connectivity index (χ4v) is 51.8. The van der Waals surface area contributed by atoms with Crippen molar-refractivity contribution in [3.05, 3.63) is 0 Å². The Morgan fingerprint density at radius 2 is 0.882 bits per heavy atom. The molecule has 51 heavy (non-hydrogen) atoms. The van der Waals surface area contributed by atoms with Gasteiger partial charge in [-0.1, -0.05) is 17.9 Å². The summed E-state index contributed by atoms with van der Waals surface area (Å²) in [4.78, 5) is 5.00. The molecule has 0 saturated heterocycles. The molecule has 0 spiro atoms. The third kappa shape index (κ3) is 45.2. The van der Waals surface area contributed by atoms with Gasteiger partial charge in [-0.3, -0.25) is 0 Å². The van der Waals surface area contributed by atoms with E-state index in [0.717, 1.165) is 97.8 Å². The molecule has 0 aliphatic rings. The van der Waals surface area contributed by atoms with Crippen molar-refractivity contribution in [3.8, 4) is 0 Å². The third-order valence-corrected chi connectivity index (χ3v) is 51.1. The second-order valence-corrected chi connectivity index (χ2v) is 51.1. The molecule has 0 rings (SSSR count). The molecule has 0 amide bonds. The lowest BCUT2D eigenvalue weighted by Crippen LogP contribution is -2.33. The molecular weight excluding hydrogens is 927 g/mol. The number of ether oxygens (including phenoxy) is 6. The normalized spacial score (nSPS) is 12.0. The first-order chi connectivity index (χ1) is 24.5. The molecule has 0 aromatic carbocycles. The smallest absolute Gasteiger partial charge is 0.0593 e. The lowest BCUT2D eigenvalue weighted by atomic mass is 10.5. The van der Waals surface area contributed by atoms with E-state index in [2.05, 4.69) is 86.4 Å². The highest BCUT2D eigenvalue weighted by Gasteiger charge is 2.16. The van der Waals surface area contributed by atoms with Gasteiger partial charge in [-0.2, -0.15) is 0 Å². The van der Waals surface area contributed by atoms with Crippen LogP contribution < -0.4 is 0 Å². The standard InChI is InChI=1S/C19H43NO5P2.C8H21NOP2.H12NP11/c1-21-9-6-20(7-14-26(16-10-22-2)17-11-23-3)8-15-27(18-12-24-4)19-13-25-5;1-2-10-6-3-9(4-7-11)5-8-12;2-9(3)1-8-12(10(4)5)11(6)7/h6-19H2,1-5H3;2-8,11-12H2,1H3;2-7H2. The van der Waals surface area contributed by atoms with Gasteiger partial charge < -0.3 is 38.2 Å². The monoisotopic (exact) mass is 1000 g/mol. The van der Waals surface area contributed by atoms with Crippen LogP contribution in [0.3, 0.4) is 0 Å². The van der Waals surface area contributed by atoms with Gasteiger partial charge in [0, 0.05) is 96.5 Å². The van der Waals surface area contributed by atoms with Crippen LogP contribution in [0.25, 0.3) is 0 Å². The summed E-state index contributed by atoms with van der Waals surface area (Å²) in [7, 11) is 32.6. The Bertz CT molecular complexity index is 668. The summed E-state index contributed by atoms with van der Waals surface area (Å²) in [6.07, 6.45) is 9.47. The highest BCUT2D eigenvalue weighted by Crippen LogP contribution is 3.02. The van der Waals surface area contributed by atoms with E-state index in [1.807, 2.05) is 6.92 Å². The number of methoxy groups -OCH3 is 5. The summed E-state index contributed by atoms with van der Waals surface area (Å²) in [5, 5.41) is 0. The number of nitrogens with zero attached hydrogens (tertiary/aromatic N) is 3. The van der Waals surface area contributed by atoms with E-state index in [9.17, 15) is 0 Å². The fraction of sp³-hybridized carbons (Fsp3) is 1.00. The zero-order valence-corrected chi connectivity index (χ0v) is 47.9. The summed E-state index contributed by atoms with van der Waals surface area (Å²) in [5.74, 6) is 0. The molecule has 0 bridgehead atoms. The molecule has 0 aliphatic heterocycles. The van der Waals surface area contributed by atoms with E-state index in [1.54, 1.807) is 35.5 Å². The highest BCUT2D eigenvalue weighted by molar-refractivity contribution is 9.07. The molecule has 0 heterocycles. The summed E-state index contributed by atoms with van der Waals surface area (Å²) in [5.41, 5.74) is 0. The van der Waals surface area contributed by atoms with Crippen molar-refractivity contribution in [1.82, 2.24) is 9.80 Å². The maximum atomic E-state index is 5.33. The van der Waals surface area contributed by atoms with Crippen LogP contribution >= 0.6 is 124 Å². The van der Waals surface area contributed by atoms with E-state index in [0.29, 0.717) is 0 Å². The minimum absolute atomic E-state index is 0.0319. The quantitative estimate of drug-likeness (QED) is 0.0476. The van der Waals surface area contributed by atoms with Crippen molar-refractivity contribution in [1.29, 1.82) is 0 Å². The van der Waals surface area contributed by atoms with Crippen LogP contribution in [0.5, 0.6) is 0 Å². The van der Waals surface area contributed by atoms with Crippen molar-refractivity contribution in [3.63, 3.8) is 0 Å². The number of rotatable bonds is 33. The predicted octanol–water partition coefficient (Wildman–Crippen LogP) is 10.0. The molecule has 0 aromatic heterocycles. The first kappa shape index (κ1) is 61.1. The van der Waals surface area contributed by atoms with Gasteiger partial charge in [0.1, 0.15) is 0 Å². The van der Waals surface area contributed by atoms with E-state index in [1.165, 1.54) is 45.0 Å². The van der Waals surface area contributed by atoms with Gasteiger partial charge in [0.25, 0.3) is 0 Å². The molecule has 8 unspecified atom stereocenters. The lowest BCUT2D eigenvalue weighted by molar-refractivity contribution is 0.118. The SMILES string of the molecule is CCOCCN(CCP)CCP.COCCN(CCP(CCOC)CCOC)CCP(CCOC)CCOC.PP(P)N=PP(P(P)P)P(P)P. The zero-order valence-electron chi connectivity index (χ0n) is 32.4. The maximum absolute atomic E-state index is 5.33. The topological polar surface area (TPSA) is 74.2 Å². The Morgan fingerprint density at radius 1 is 0.510 bits per heavy atom. The average Bonchev–Trinajstić information content (AvgIpc) is 3.09. The minimum Gasteiger partial charge on any atom is -0.384 e. The Kier molecular flexibility index (Phi) is 58.1. The number of hydrogen-bond acceptors (Lipinski definition) is 9. The van der Waals surface area contributed by atoms with Gasteiger partial charge in [-0.25, -0.2) is 4.52 Å². The fourth-order valence-electron chi connectivity index (χ4n) is 4.01. The van der Waals surface area contributed by atoms with Crippen molar-refractivity contribution in [2.24, 2.45) is 4.52 Å². The molecule has 0 saturated carbocycles. The first-order valence-electron chi connectivity index (χ1n) is 16.9. The van der Waals surface area contributed by atoms with Crippen molar-refractivity contribution in [2.75, 3.05) is 170 Å². The largest absolute Gasteiger partial charge is 0.384 e. The van der Waals surface area contributed by atoms with Gasteiger partial charge in [-0.05, 0) is 70.2 Å². The second kappa shape index (κ2) is 48.5. The Labute approximate surface area is 342 Å². The zero-order chi connectivity index (χ0) is 39.1. The van der Waals surface area contributed by atoms with Crippen LogP contribution in [0.15, 0.2) is 4.52 Å². The van der Waals surface area contributed by atoms with Gasteiger partial charge >= 0.3 is 0 Å². The van der Waals surface area contributed by atoms with E-state index in [4.69, 9.17) is 28.4 Å². The van der Waals surface area contributed by atoms with Crippen LogP contribution in [-0.2, 0) is 28.4 Å². The van der Waals surface area contributed by atoms with E-state index >= 15 is 0 Å². The summed E-state index contributed by atoms with van der Waals surface area (Å²) < 4.78 is 36.4. The van der Waals surface area contributed by atoms with Crippen LogP contribution in [0.2, 0.25) is 0 Å². The molecular formula is C27H76N3O6P15. The van der Waals surface area contributed by atoms with Crippen LogP contribution in [0, 0.1) is 0 Å². The summed E-state index contributed by atoms with van der Waals surface area (Å²) in [6, 6.07) is 0. The van der Waals surface area contributed by atoms with Crippen molar-refractivity contribution >= 4 is 124 Å². The molecule has 24 heteroatoms. The summed E-state index contributed by atoms with van der Waals surface area (Å²) in [6.45, 7) is 14.8. The van der Waals surface area contributed by atoms with Crippen LogP contribution in [0.1, 0.15) is 6.92 Å². The Morgan fingerprint density at radius 3 is 1.20 bits per heavy atom. The highest BCUT2D eigenvalue weighted by atomic mass is 33.1. The molecule has 9 nitrogen and oxygen atoms in total. The molecule has 0 aliphatic carbocycles. The van der Waals surface area contributed by atoms with E-state index in [-0.39, 0.29) is 44.3 Å². The Balaban J connectivity index is -0.000000791. The van der Waals surface area contributed by atoms with Crippen LogP contribution in [-0.4, -0.2) is 180 Å². The first-order valence-corrected chi connectivity index (χ1v) is 40.4. The van der Waals surface area contributed by atoms with E-state index < -0.39 is 0 Å². The van der Waals surface area contributed by atoms with Crippen LogP contribution in [0.4, 0.5) is 0 Å². The second-order valence-electron chi connectivity index (χ2n) is 10.7. The molecule has 0 fully saturated rings. The molecule has 0 aromatic rings. The predicted molar refractivity (Wildman–Crippen MR) is 276 cm³/mol. The van der Waals surface area contributed by atoms with Crippen molar-refractivity contribution < 1.29 is 28.4 Å². The van der Waals surface area contributed by atoms with Crippen molar-refractivity contribution in [2.45, 2.75) is 6.92 Å². The van der Waals surface area contributed by atoms with Gasteiger partial charge in [0.2, 0.25) is 0 Å². The Hall–Kier alpha value is 5.80. The molecule has 0 N–H and O–H groups in total. The average molecular weight is 1000 g/mol. The third-order valence-electron chi connectivity index (χ3n) is 6.81. The van der Waals surface area contributed by atoms with Gasteiger partial charge in [0.05, 0.1) is 47.1 Å². The molecule has 0 radical (unpaired) electrons. The van der Waals surface area contributed by atoms with Gasteiger partial charge in [-0.15, -0.1) is 70.0 Å².